The Labute approximate surface area is 213 Å². The van der Waals surface area contributed by atoms with Gasteiger partial charge in [0, 0.05) is 31.9 Å². The third-order valence-electron chi connectivity index (χ3n) is 6.00. The van der Waals surface area contributed by atoms with Gasteiger partial charge in [-0.05, 0) is 55.5 Å². The minimum atomic E-state index is -0.0667. The molecule has 7 nitrogen and oxygen atoms in total. The molecule has 1 fully saturated rings. The van der Waals surface area contributed by atoms with Gasteiger partial charge in [-0.15, -0.1) is 24.0 Å². The van der Waals surface area contributed by atoms with Gasteiger partial charge in [-0.3, -0.25) is 0 Å². The van der Waals surface area contributed by atoms with Crippen LogP contribution in [0.5, 0.6) is 11.5 Å². The Morgan fingerprint density at radius 1 is 1.06 bits per heavy atom. The molecule has 3 N–H and O–H groups in total. The van der Waals surface area contributed by atoms with E-state index in [1.54, 1.807) is 0 Å². The van der Waals surface area contributed by atoms with E-state index in [9.17, 15) is 5.11 Å². The maximum atomic E-state index is 9.32. The summed E-state index contributed by atoms with van der Waals surface area (Å²) < 4.78 is 11.8. The maximum absolute atomic E-state index is 9.32. The highest BCUT2D eigenvalue weighted by Crippen LogP contribution is 2.30. The lowest BCUT2D eigenvalue weighted by molar-refractivity contribution is 0.0936. The molecular formula is C25H35IN4O3. The normalized spacial score (nSPS) is 18.4. The van der Waals surface area contributed by atoms with Crippen molar-refractivity contribution in [2.45, 2.75) is 32.4 Å². The van der Waals surface area contributed by atoms with Gasteiger partial charge in [0.25, 0.3) is 0 Å². The second-order valence-electron chi connectivity index (χ2n) is 8.35. The monoisotopic (exact) mass is 566 g/mol. The van der Waals surface area contributed by atoms with Crippen LogP contribution in [0.25, 0.3) is 0 Å². The highest BCUT2D eigenvalue weighted by Gasteiger charge is 2.21. The lowest BCUT2D eigenvalue weighted by Gasteiger charge is -2.32. The molecule has 0 amide bonds. The fourth-order valence-corrected chi connectivity index (χ4v) is 4.07. The first kappa shape index (κ1) is 25.4. The third kappa shape index (κ3) is 7.14. The van der Waals surface area contributed by atoms with Gasteiger partial charge in [0.1, 0.15) is 12.7 Å². The molecule has 2 aromatic carbocycles. The smallest absolute Gasteiger partial charge is 0.191 e. The number of benzene rings is 2. The minimum absolute atomic E-state index is 0. The van der Waals surface area contributed by atoms with Gasteiger partial charge in [0.05, 0.1) is 13.1 Å². The Morgan fingerprint density at radius 3 is 2.48 bits per heavy atom. The highest BCUT2D eigenvalue weighted by atomic mass is 127. The fraction of sp³-hybridized carbons (Fsp3) is 0.480. The predicted molar refractivity (Wildman–Crippen MR) is 143 cm³/mol. The van der Waals surface area contributed by atoms with Crippen LogP contribution < -0.4 is 25.0 Å². The summed E-state index contributed by atoms with van der Waals surface area (Å²) in [5, 5.41) is 16.0. The highest BCUT2D eigenvalue weighted by molar-refractivity contribution is 14.0. The van der Waals surface area contributed by atoms with E-state index < -0.39 is 0 Å². The molecule has 2 aliphatic heterocycles. The average molecular weight is 566 g/mol. The molecule has 33 heavy (non-hydrogen) atoms. The van der Waals surface area contributed by atoms with Crippen molar-refractivity contribution >= 4 is 35.6 Å². The van der Waals surface area contributed by atoms with Crippen LogP contribution in [0.2, 0.25) is 0 Å². The summed E-state index contributed by atoms with van der Waals surface area (Å²) in [6.07, 6.45) is 2.05. The molecule has 2 aromatic rings. The maximum Gasteiger partial charge on any atom is 0.191 e. The number of nitrogens with zero attached hydrogens (tertiary/aromatic N) is 2. The van der Waals surface area contributed by atoms with E-state index in [1.165, 1.54) is 11.3 Å². The van der Waals surface area contributed by atoms with Gasteiger partial charge in [-0.1, -0.05) is 24.3 Å². The van der Waals surface area contributed by atoms with E-state index in [2.05, 4.69) is 46.7 Å². The van der Waals surface area contributed by atoms with Crippen LogP contribution in [0.1, 0.15) is 25.3 Å². The summed E-state index contributed by atoms with van der Waals surface area (Å²) in [5.41, 5.74) is 2.41. The molecule has 1 saturated heterocycles. The van der Waals surface area contributed by atoms with E-state index in [4.69, 9.17) is 14.5 Å². The van der Waals surface area contributed by atoms with Crippen LogP contribution in [0.3, 0.4) is 0 Å². The van der Waals surface area contributed by atoms with Crippen LogP contribution in [0.4, 0.5) is 5.69 Å². The molecule has 1 atom stereocenters. The van der Waals surface area contributed by atoms with Gasteiger partial charge < -0.3 is 30.1 Å². The average Bonchev–Trinajstić information content (AvgIpc) is 2.86. The van der Waals surface area contributed by atoms with Crippen LogP contribution in [-0.2, 0) is 6.54 Å². The van der Waals surface area contributed by atoms with Crippen molar-refractivity contribution in [3.05, 3.63) is 54.1 Å². The van der Waals surface area contributed by atoms with Crippen LogP contribution in [-0.4, -0.2) is 56.6 Å². The Hall–Kier alpha value is -2.20. The van der Waals surface area contributed by atoms with Crippen molar-refractivity contribution in [3.8, 4) is 11.5 Å². The zero-order valence-electron chi connectivity index (χ0n) is 19.2. The SMILES string of the molecule is CCNC(=NCc1ccc(N2CCC(CO)CC2)cc1)NCC1COc2ccccc2O1.I. The third-order valence-corrected chi connectivity index (χ3v) is 6.00. The zero-order chi connectivity index (χ0) is 22.2. The largest absolute Gasteiger partial charge is 0.486 e. The van der Waals surface area contributed by atoms with Crippen LogP contribution in [0.15, 0.2) is 53.5 Å². The number of para-hydroxylation sites is 2. The topological polar surface area (TPSA) is 78.4 Å². The summed E-state index contributed by atoms with van der Waals surface area (Å²) >= 11 is 0. The summed E-state index contributed by atoms with van der Waals surface area (Å²) in [5.74, 6) is 2.81. The number of aliphatic hydroxyl groups is 1. The number of guanidine groups is 1. The van der Waals surface area contributed by atoms with Gasteiger partial charge in [-0.2, -0.15) is 0 Å². The molecule has 2 heterocycles. The number of nitrogens with one attached hydrogen (secondary N) is 2. The Morgan fingerprint density at radius 2 is 1.79 bits per heavy atom. The number of aliphatic imine (C=N–C) groups is 1. The lowest BCUT2D eigenvalue weighted by atomic mass is 9.97. The zero-order valence-corrected chi connectivity index (χ0v) is 21.5. The van der Waals surface area contributed by atoms with Gasteiger partial charge in [0.15, 0.2) is 17.5 Å². The van der Waals surface area contributed by atoms with Gasteiger partial charge in [0.2, 0.25) is 0 Å². The van der Waals surface area contributed by atoms with E-state index in [0.717, 1.165) is 49.9 Å². The van der Waals surface area contributed by atoms with Crippen molar-refractivity contribution in [2.24, 2.45) is 10.9 Å². The van der Waals surface area contributed by atoms with Crippen molar-refractivity contribution in [3.63, 3.8) is 0 Å². The van der Waals surface area contributed by atoms with Crippen LogP contribution in [0, 0.1) is 5.92 Å². The molecule has 0 spiro atoms. The second kappa shape index (κ2) is 12.9. The minimum Gasteiger partial charge on any atom is -0.486 e. The summed E-state index contributed by atoms with van der Waals surface area (Å²) in [6.45, 7) is 6.90. The number of rotatable bonds is 7. The number of anilines is 1. The molecule has 2 aliphatic rings. The molecule has 4 rings (SSSR count). The Balaban J connectivity index is 0.00000306. The molecule has 8 heteroatoms. The second-order valence-corrected chi connectivity index (χ2v) is 8.35. The molecule has 1 unspecified atom stereocenters. The van der Waals surface area contributed by atoms with E-state index in [1.807, 2.05) is 24.3 Å². The Bertz CT molecular complexity index is 885. The number of hydrogen-bond acceptors (Lipinski definition) is 5. The molecule has 180 valence electrons. The van der Waals surface area contributed by atoms with Gasteiger partial charge in [-0.25, -0.2) is 4.99 Å². The number of hydrogen-bond donors (Lipinski definition) is 3. The van der Waals surface area contributed by atoms with Crippen molar-refractivity contribution in [2.75, 3.05) is 44.3 Å². The molecular weight excluding hydrogens is 531 g/mol. The number of piperidine rings is 1. The Kier molecular flexibility index (Phi) is 9.93. The summed E-state index contributed by atoms with van der Waals surface area (Å²) in [7, 11) is 0. The first-order chi connectivity index (χ1) is 15.7. The first-order valence-corrected chi connectivity index (χ1v) is 11.6. The van der Waals surface area contributed by atoms with E-state index in [0.29, 0.717) is 32.2 Å². The number of ether oxygens (including phenoxy) is 2. The standard InChI is InChI=1S/C25H34N4O3.HI/c1-2-26-25(28-16-22-18-31-23-5-3-4-6-24(23)32-22)27-15-19-7-9-21(10-8-19)29-13-11-20(17-30)12-14-29;/h3-10,20,22,30H,2,11-18H2,1H3,(H2,26,27,28);1H. The quantitative estimate of drug-likeness (QED) is 0.271. The molecule has 0 aliphatic carbocycles. The molecule has 0 saturated carbocycles. The van der Waals surface area contributed by atoms with Crippen LogP contribution >= 0.6 is 24.0 Å². The predicted octanol–water partition coefficient (Wildman–Crippen LogP) is 3.41. The number of aliphatic hydroxyl groups excluding tert-OH is 1. The lowest BCUT2D eigenvalue weighted by Crippen LogP contribution is -2.45. The van der Waals surface area contributed by atoms with Gasteiger partial charge >= 0.3 is 0 Å². The number of halogens is 1. The molecule has 0 bridgehead atoms. The molecule has 0 radical (unpaired) electrons. The van der Waals surface area contributed by atoms with E-state index >= 15 is 0 Å². The van der Waals surface area contributed by atoms with Crippen molar-refractivity contribution in [1.82, 2.24) is 10.6 Å². The van der Waals surface area contributed by atoms with E-state index in [-0.39, 0.29) is 30.1 Å². The summed E-state index contributed by atoms with van der Waals surface area (Å²) in [4.78, 5) is 7.13. The summed E-state index contributed by atoms with van der Waals surface area (Å²) in [6, 6.07) is 16.4. The van der Waals surface area contributed by atoms with Crippen molar-refractivity contribution in [1.29, 1.82) is 0 Å². The molecule has 0 aromatic heterocycles. The number of fused-ring (bicyclic) bond motifs is 1. The first-order valence-electron chi connectivity index (χ1n) is 11.6. The fourth-order valence-electron chi connectivity index (χ4n) is 4.07. The van der Waals surface area contributed by atoms with Crippen molar-refractivity contribution < 1.29 is 14.6 Å².